The third-order valence-electron chi connectivity index (χ3n) is 13.9. The minimum atomic E-state index is -0.0470. The van der Waals surface area contributed by atoms with Crippen LogP contribution in [-0.2, 0) is 9.59 Å². The molecule has 2 aliphatic rings. The first-order valence-corrected chi connectivity index (χ1v) is 24.2. The van der Waals surface area contributed by atoms with Gasteiger partial charge in [0.15, 0.2) is 0 Å². The average molecular weight is 891 g/mol. The van der Waals surface area contributed by atoms with E-state index in [1.807, 2.05) is 50.2 Å². The lowest BCUT2D eigenvalue weighted by molar-refractivity contribution is -0.122. The van der Waals surface area contributed by atoms with E-state index in [1.165, 1.54) is 67.3 Å². The Labute approximate surface area is 401 Å². The summed E-state index contributed by atoms with van der Waals surface area (Å²) < 4.78 is 0. The van der Waals surface area contributed by atoms with E-state index in [4.69, 9.17) is 0 Å². The molecule has 68 heavy (non-hydrogen) atoms. The maximum atomic E-state index is 13.2. The molecule has 2 heterocycles. The third-order valence-corrected chi connectivity index (χ3v) is 13.9. The molecule has 6 nitrogen and oxygen atoms in total. The number of benzene rings is 8. The second-order valence-electron chi connectivity index (χ2n) is 18.2. The summed E-state index contributed by atoms with van der Waals surface area (Å²) in [5, 5.41) is 6.42. The SMILES string of the molecule is CC(NC(=O)CCCN1c2ccccc2C(c2ccccc2-c2ccccc2C2c3ccccc3N(CCCC(=O)NC(C)c3ccccc3)c3ccccc32)c2ccccc21)c1ccccc1. The number of hydrogen-bond acceptors (Lipinski definition) is 4. The number of amides is 2. The molecule has 2 N–H and O–H groups in total. The Morgan fingerprint density at radius 2 is 0.662 bits per heavy atom. The maximum absolute atomic E-state index is 13.2. The Balaban J connectivity index is 0.948. The second-order valence-corrected chi connectivity index (χ2v) is 18.2. The highest BCUT2D eigenvalue weighted by Crippen LogP contribution is 2.53. The lowest BCUT2D eigenvalue weighted by Crippen LogP contribution is -2.30. The fraction of sp³-hybridized carbons (Fsp3) is 0.194. The Kier molecular flexibility index (Phi) is 13.0. The van der Waals surface area contributed by atoms with Gasteiger partial charge in [0, 0.05) is 60.5 Å². The van der Waals surface area contributed by atoms with Crippen molar-refractivity contribution in [1.82, 2.24) is 10.6 Å². The van der Waals surface area contributed by atoms with Gasteiger partial charge in [-0.2, -0.15) is 0 Å². The van der Waals surface area contributed by atoms with Crippen LogP contribution < -0.4 is 20.4 Å². The van der Waals surface area contributed by atoms with Gasteiger partial charge >= 0.3 is 0 Å². The zero-order valence-corrected chi connectivity index (χ0v) is 38.9. The highest BCUT2D eigenvalue weighted by molar-refractivity contribution is 5.85. The monoisotopic (exact) mass is 890 g/mol. The molecule has 0 spiro atoms. The van der Waals surface area contributed by atoms with Crippen LogP contribution in [0.4, 0.5) is 22.7 Å². The number of rotatable bonds is 15. The molecule has 0 fully saturated rings. The first-order valence-electron chi connectivity index (χ1n) is 24.2. The predicted octanol–water partition coefficient (Wildman–Crippen LogP) is 13.9. The van der Waals surface area contributed by atoms with E-state index in [9.17, 15) is 9.59 Å². The molecule has 10 rings (SSSR count). The minimum absolute atomic E-state index is 0.0211. The van der Waals surface area contributed by atoms with E-state index in [0.717, 1.165) is 37.1 Å². The van der Waals surface area contributed by atoms with Gasteiger partial charge in [0.1, 0.15) is 0 Å². The number of carbonyl (C=O) groups excluding carboxylic acids is 2. The quantitative estimate of drug-likeness (QED) is 0.108. The van der Waals surface area contributed by atoms with Crippen molar-refractivity contribution in [2.24, 2.45) is 0 Å². The lowest BCUT2D eigenvalue weighted by Gasteiger charge is -2.39. The molecule has 0 bridgehead atoms. The van der Waals surface area contributed by atoms with Crippen LogP contribution in [0, 0.1) is 0 Å². The van der Waals surface area contributed by atoms with Gasteiger partial charge in [-0.05, 0) is 107 Å². The number of carbonyl (C=O) groups is 2. The Hall–Kier alpha value is -7.70. The molecular weight excluding hydrogens is 833 g/mol. The van der Waals surface area contributed by atoms with Crippen molar-refractivity contribution < 1.29 is 9.59 Å². The molecular formula is C62H58N4O2. The highest BCUT2D eigenvalue weighted by Gasteiger charge is 2.35. The highest BCUT2D eigenvalue weighted by atomic mass is 16.2. The molecule has 2 unspecified atom stereocenters. The molecule has 6 heteroatoms. The van der Waals surface area contributed by atoms with Crippen LogP contribution >= 0.6 is 0 Å². The van der Waals surface area contributed by atoms with E-state index >= 15 is 0 Å². The first-order chi connectivity index (χ1) is 33.4. The van der Waals surface area contributed by atoms with Crippen molar-refractivity contribution in [3.63, 3.8) is 0 Å². The third kappa shape index (κ3) is 8.94. The van der Waals surface area contributed by atoms with Crippen molar-refractivity contribution in [3.8, 4) is 11.1 Å². The largest absolute Gasteiger partial charge is 0.350 e. The molecule has 0 saturated carbocycles. The van der Waals surface area contributed by atoms with Crippen LogP contribution in [0.15, 0.2) is 206 Å². The van der Waals surface area contributed by atoms with E-state index in [-0.39, 0.29) is 35.7 Å². The van der Waals surface area contributed by atoms with Gasteiger partial charge in [-0.15, -0.1) is 0 Å². The molecule has 2 aliphatic heterocycles. The summed E-state index contributed by atoms with van der Waals surface area (Å²) in [5.41, 5.74) is 16.9. The zero-order chi connectivity index (χ0) is 46.4. The maximum Gasteiger partial charge on any atom is 0.220 e. The smallest absolute Gasteiger partial charge is 0.220 e. The van der Waals surface area contributed by atoms with Crippen LogP contribution in [0.25, 0.3) is 11.1 Å². The van der Waals surface area contributed by atoms with Crippen LogP contribution in [0.3, 0.4) is 0 Å². The number of hydrogen-bond donors (Lipinski definition) is 2. The van der Waals surface area contributed by atoms with Gasteiger partial charge in [-0.3, -0.25) is 9.59 Å². The van der Waals surface area contributed by atoms with E-state index < -0.39 is 0 Å². The van der Waals surface area contributed by atoms with Gasteiger partial charge in [0.05, 0.1) is 12.1 Å². The molecule has 338 valence electrons. The topological polar surface area (TPSA) is 64.7 Å². The summed E-state index contributed by atoms with van der Waals surface area (Å²) in [4.78, 5) is 31.3. The van der Waals surface area contributed by atoms with Crippen molar-refractivity contribution in [3.05, 3.63) is 251 Å². The van der Waals surface area contributed by atoms with E-state index in [1.54, 1.807) is 0 Å². The molecule has 8 aromatic rings. The molecule has 0 radical (unpaired) electrons. The van der Waals surface area contributed by atoms with Crippen molar-refractivity contribution in [2.75, 3.05) is 22.9 Å². The molecule has 0 saturated heterocycles. The number of nitrogens with zero attached hydrogens (tertiary/aromatic N) is 2. The Morgan fingerprint density at radius 3 is 1.00 bits per heavy atom. The molecule has 2 amide bonds. The summed E-state index contributed by atoms with van der Waals surface area (Å²) in [7, 11) is 0. The fourth-order valence-electron chi connectivity index (χ4n) is 10.7. The zero-order valence-electron chi connectivity index (χ0n) is 38.9. The van der Waals surface area contributed by atoms with E-state index in [2.05, 4.69) is 190 Å². The Morgan fingerprint density at radius 1 is 0.382 bits per heavy atom. The molecule has 0 aliphatic carbocycles. The van der Waals surface area contributed by atoms with Crippen LogP contribution in [0.2, 0.25) is 0 Å². The standard InChI is InChI=1S/C62H58N4O2/c1-43(45-23-5-3-6-24-45)63-59(67)39-21-41-65-55-35-17-13-31-51(55)61(52-32-14-18-36-56(52)65)49-29-11-9-27-47(49)48-28-10-12-30-50(48)62-53-33-15-19-37-57(53)66(58-38-20-16-34-54(58)62)42-22-40-60(68)64-44(2)46-25-7-4-8-26-46/h3-20,23-38,43-44,61-62H,21-22,39-42H2,1-2H3,(H,63,67)(H,64,68). The average Bonchev–Trinajstić information content (AvgIpc) is 3.39. The van der Waals surface area contributed by atoms with Crippen molar-refractivity contribution >= 4 is 34.6 Å². The summed E-state index contributed by atoms with van der Waals surface area (Å²) in [5.74, 6) is 0.0878. The lowest BCUT2D eigenvalue weighted by atomic mass is 9.74. The van der Waals surface area contributed by atoms with Crippen molar-refractivity contribution in [2.45, 2.75) is 63.5 Å². The summed E-state index contributed by atoms with van der Waals surface area (Å²) >= 11 is 0. The molecule has 2 atom stereocenters. The number of para-hydroxylation sites is 4. The molecule has 0 aromatic heterocycles. The number of anilines is 4. The fourth-order valence-corrected chi connectivity index (χ4v) is 10.7. The van der Waals surface area contributed by atoms with Gasteiger partial charge in [0.2, 0.25) is 11.8 Å². The predicted molar refractivity (Wildman–Crippen MR) is 278 cm³/mol. The van der Waals surface area contributed by atoms with Crippen LogP contribution in [0.5, 0.6) is 0 Å². The van der Waals surface area contributed by atoms with E-state index in [0.29, 0.717) is 12.8 Å². The summed E-state index contributed by atoms with van der Waals surface area (Å²) in [6.07, 6.45) is 2.32. The van der Waals surface area contributed by atoms with Gasteiger partial charge in [0.25, 0.3) is 0 Å². The Bertz CT molecular complexity index is 2740. The van der Waals surface area contributed by atoms with Gasteiger partial charge in [-0.1, -0.05) is 182 Å². The van der Waals surface area contributed by atoms with Gasteiger partial charge < -0.3 is 20.4 Å². The van der Waals surface area contributed by atoms with Crippen LogP contribution in [0.1, 0.15) is 108 Å². The first kappa shape index (κ1) is 44.2. The second kappa shape index (κ2) is 20.0. The summed E-state index contributed by atoms with van der Waals surface area (Å²) in [6, 6.07) is 73.4. The minimum Gasteiger partial charge on any atom is -0.350 e. The van der Waals surface area contributed by atoms with Crippen LogP contribution in [-0.4, -0.2) is 24.9 Å². The normalized spacial score (nSPS) is 13.9. The van der Waals surface area contributed by atoms with Gasteiger partial charge in [-0.25, -0.2) is 0 Å². The van der Waals surface area contributed by atoms with Crippen molar-refractivity contribution in [1.29, 1.82) is 0 Å². The number of fused-ring (bicyclic) bond motifs is 4. The summed E-state index contributed by atoms with van der Waals surface area (Å²) in [6.45, 7) is 5.53. The number of nitrogens with one attached hydrogen (secondary N) is 2. The molecule has 8 aromatic carbocycles.